The Morgan fingerprint density at radius 3 is 2.75 bits per heavy atom. The monoisotopic (exact) mass is 237 g/mol. The maximum Gasteiger partial charge on any atom is 0.0302 e. The van der Waals surface area contributed by atoms with Crippen LogP contribution in [-0.2, 0) is 0 Å². The van der Waals surface area contributed by atoms with Gasteiger partial charge in [0, 0.05) is 15.8 Å². The molecule has 0 spiro atoms. The predicted octanol–water partition coefficient (Wildman–Crippen LogP) is 4.21. The third-order valence-corrected chi connectivity index (χ3v) is 4.46. The fourth-order valence-electron chi connectivity index (χ4n) is 2.31. The van der Waals surface area contributed by atoms with Gasteiger partial charge in [-0.15, -0.1) is 11.3 Å². The number of aryl methyl sites for hydroxylation is 2. The van der Waals surface area contributed by atoms with Gasteiger partial charge in [-0.05, 0) is 57.7 Å². The van der Waals surface area contributed by atoms with Gasteiger partial charge in [0.1, 0.15) is 0 Å². The molecule has 1 atom stereocenters. The normalized spacial score (nSPS) is 17.7. The van der Waals surface area contributed by atoms with Crippen molar-refractivity contribution in [3.63, 3.8) is 0 Å². The molecule has 0 saturated heterocycles. The van der Waals surface area contributed by atoms with Crippen LogP contribution in [0, 0.1) is 19.8 Å². The van der Waals surface area contributed by atoms with Crippen LogP contribution >= 0.6 is 11.3 Å². The largest absolute Gasteiger partial charge is 0.310 e. The lowest BCUT2D eigenvalue weighted by Gasteiger charge is -2.13. The Morgan fingerprint density at radius 1 is 1.44 bits per heavy atom. The van der Waals surface area contributed by atoms with E-state index >= 15 is 0 Å². The third kappa shape index (κ3) is 3.33. The average molecular weight is 237 g/mol. The Hall–Kier alpha value is -0.340. The summed E-state index contributed by atoms with van der Waals surface area (Å²) in [5.41, 5.74) is 1.49. The van der Waals surface area contributed by atoms with E-state index in [0.717, 1.165) is 5.92 Å². The molecule has 0 amide bonds. The van der Waals surface area contributed by atoms with Crippen LogP contribution in [0.2, 0.25) is 0 Å². The van der Waals surface area contributed by atoms with E-state index in [0.29, 0.717) is 6.04 Å². The molecule has 1 N–H and O–H groups in total. The average Bonchev–Trinajstić information content (AvgIpc) is 2.98. The van der Waals surface area contributed by atoms with Gasteiger partial charge in [0.2, 0.25) is 0 Å². The molecule has 2 heteroatoms. The summed E-state index contributed by atoms with van der Waals surface area (Å²) in [5.74, 6) is 1.07. The van der Waals surface area contributed by atoms with Gasteiger partial charge in [0.05, 0.1) is 0 Å². The Bertz CT molecular complexity index is 339. The van der Waals surface area contributed by atoms with Gasteiger partial charge in [-0.1, -0.05) is 12.8 Å². The topological polar surface area (TPSA) is 12.0 Å². The zero-order chi connectivity index (χ0) is 11.5. The summed E-state index contributed by atoms with van der Waals surface area (Å²) < 4.78 is 0. The van der Waals surface area contributed by atoms with E-state index in [2.05, 4.69) is 32.2 Å². The lowest BCUT2D eigenvalue weighted by molar-refractivity contribution is 0.533. The van der Waals surface area contributed by atoms with Crippen molar-refractivity contribution >= 4 is 11.3 Å². The molecule has 0 bridgehead atoms. The predicted molar refractivity (Wildman–Crippen MR) is 72.2 cm³/mol. The Balaban J connectivity index is 1.73. The molecule has 0 radical (unpaired) electrons. The van der Waals surface area contributed by atoms with Crippen LogP contribution < -0.4 is 5.32 Å². The second-order valence-electron chi connectivity index (χ2n) is 5.13. The van der Waals surface area contributed by atoms with Crippen LogP contribution in [0.15, 0.2) is 6.07 Å². The summed E-state index contributed by atoms with van der Waals surface area (Å²) in [7, 11) is 0. The van der Waals surface area contributed by atoms with Gasteiger partial charge in [-0.3, -0.25) is 0 Å². The van der Waals surface area contributed by atoms with Crippen LogP contribution in [0.5, 0.6) is 0 Å². The Morgan fingerprint density at radius 2 is 2.19 bits per heavy atom. The lowest BCUT2D eigenvalue weighted by Crippen LogP contribution is -2.20. The molecule has 1 saturated carbocycles. The molecule has 1 nitrogen and oxygen atoms in total. The summed E-state index contributed by atoms with van der Waals surface area (Å²) >= 11 is 1.91. The van der Waals surface area contributed by atoms with Crippen molar-refractivity contribution in [1.29, 1.82) is 0 Å². The van der Waals surface area contributed by atoms with Gasteiger partial charge in [0.25, 0.3) is 0 Å². The second kappa shape index (κ2) is 5.33. The first-order chi connectivity index (χ1) is 7.66. The van der Waals surface area contributed by atoms with Gasteiger partial charge in [-0.25, -0.2) is 0 Å². The third-order valence-electron chi connectivity index (χ3n) is 3.48. The first kappa shape index (κ1) is 12.1. The molecular formula is C14H23NS. The molecule has 90 valence electrons. The highest BCUT2D eigenvalue weighted by Gasteiger charge is 2.20. The molecule has 0 aliphatic heterocycles. The van der Waals surface area contributed by atoms with E-state index in [1.807, 2.05) is 11.3 Å². The molecule has 2 rings (SSSR count). The summed E-state index contributed by atoms with van der Waals surface area (Å²) in [4.78, 5) is 2.90. The highest BCUT2D eigenvalue weighted by Crippen LogP contribution is 2.33. The molecule has 1 aliphatic rings. The Kier molecular flexibility index (Phi) is 4.04. The zero-order valence-electron chi connectivity index (χ0n) is 10.7. The van der Waals surface area contributed by atoms with Gasteiger partial charge in [-0.2, -0.15) is 0 Å². The smallest absolute Gasteiger partial charge is 0.0302 e. The summed E-state index contributed by atoms with van der Waals surface area (Å²) in [6, 6.07) is 2.85. The van der Waals surface area contributed by atoms with E-state index in [-0.39, 0.29) is 0 Å². The van der Waals surface area contributed by atoms with Crippen LogP contribution in [0.3, 0.4) is 0 Å². The zero-order valence-corrected chi connectivity index (χ0v) is 11.5. The first-order valence-electron chi connectivity index (χ1n) is 6.47. The van der Waals surface area contributed by atoms with Crippen molar-refractivity contribution in [2.24, 2.45) is 5.92 Å². The van der Waals surface area contributed by atoms with Crippen molar-refractivity contribution in [1.82, 2.24) is 5.32 Å². The van der Waals surface area contributed by atoms with Crippen LogP contribution in [0.1, 0.15) is 54.0 Å². The Labute approximate surface area is 103 Å². The fourth-order valence-corrected chi connectivity index (χ4v) is 3.33. The van der Waals surface area contributed by atoms with E-state index in [1.54, 1.807) is 0 Å². The van der Waals surface area contributed by atoms with Gasteiger partial charge < -0.3 is 5.32 Å². The second-order valence-corrected chi connectivity index (χ2v) is 6.59. The number of hydrogen-bond donors (Lipinski definition) is 1. The summed E-state index contributed by atoms with van der Waals surface area (Å²) in [5, 5.41) is 3.64. The molecular weight excluding hydrogens is 214 g/mol. The van der Waals surface area contributed by atoms with Crippen molar-refractivity contribution < 1.29 is 0 Å². The van der Waals surface area contributed by atoms with Crippen molar-refractivity contribution in [3.05, 3.63) is 21.4 Å². The van der Waals surface area contributed by atoms with E-state index < -0.39 is 0 Å². The fraction of sp³-hybridized carbons (Fsp3) is 0.714. The van der Waals surface area contributed by atoms with Gasteiger partial charge >= 0.3 is 0 Å². The number of nitrogens with one attached hydrogen (secondary N) is 1. The highest BCUT2D eigenvalue weighted by atomic mass is 32.1. The van der Waals surface area contributed by atoms with Crippen LogP contribution in [-0.4, -0.2) is 6.54 Å². The molecule has 1 aromatic heterocycles. The molecule has 1 aromatic rings. The molecule has 1 unspecified atom stereocenters. The minimum absolute atomic E-state index is 0.518. The molecule has 0 aromatic carbocycles. The number of rotatable bonds is 6. The maximum atomic E-state index is 3.64. The van der Waals surface area contributed by atoms with E-state index in [1.165, 1.54) is 47.5 Å². The SMILES string of the molecule is Cc1cc(C(C)NCCCC2CC2)c(C)s1. The number of thiophene rings is 1. The molecule has 1 aliphatic carbocycles. The summed E-state index contributed by atoms with van der Waals surface area (Å²) in [6.45, 7) is 7.88. The standard InChI is InChI=1S/C14H23NS/c1-10-9-14(12(3)16-10)11(2)15-8-4-5-13-6-7-13/h9,11,13,15H,4-8H2,1-3H3. The van der Waals surface area contributed by atoms with Crippen molar-refractivity contribution in [2.45, 2.75) is 52.5 Å². The highest BCUT2D eigenvalue weighted by molar-refractivity contribution is 7.12. The number of hydrogen-bond acceptors (Lipinski definition) is 2. The molecule has 1 heterocycles. The molecule has 16 heavy (non-hydrogen) atoms. The van der Waals surface area contributed by atoms with Gasteiger partial charge in [0.15, 0.2) is 0 Å². The van der Waals surface area contributed by atoms with E-state index in [9.17, 15) is 0 Å². The minimum atomic E-state index is 0.518. The first-order valence-corrected chi connectivity index (χ1v) is 7.29. The van der Waals surface area contributed by atoms with Crippen molar-refractivity contribution in [3.8, 4) is 0 Å². The maximum absolute atomic E-state index is 3.64. The lowest BCUT2D eigenvalue weighted by atomic mass is 10.1. The van der Waals surface area contributed by atoms with E-state index in [4.69, 9.17) is 0 Å². The van der Waals surface area contributed by atoms with Crippen molar-refractivity contribution in [2.75, 3.05) is 6.54 Å². The van der Waals surface area contributed by atoms with Crippen LogP contribution in [0.4, 0.5) is 0 Å². The quantitative estimate of drug-likeness (QED) is 0.731. The van der Waals surface area contributed by atoms with Crippen LogP contribution in [0.25, 0.3) is 0 Å². The minimum Gasteiger partial charge on any atom is -0.310 e. The molecule has 1 fully saturated rings. The summed E-state index contributed by atoms with van der Waals surface area (Å²) in [6.07, 6.45) is 5.75.